The number of rotatable bonds is 15. The van der Waals surface area contributed by atoms with Crippen molar-refractivity contribution in [1.82, 2.24) is 9.80 Å². The fourth-order valence-corrected chi connectivity index (χ4v) is 4.64. The second-order valence-electron chi connectivity index (χ2n) is 9.87. The van der Waals surface area contributed by atoms with Gasteiger partial charge in [-0.05, 0) is 55.0 Å². The second-order valence-corrected chi connectivity index (χ2v) is 9.87. The van der Waals surface area contributed by atoms with Crippen LogP contribution < -0.4 is 4.74 Å². The quantitative estimate of drug-likeness (QED) is 0.245. The molecule has 7 heteroatoms. The number of nitrogens with zero attached hydrogens (tertiary/aromatic N) is 2. The first-order valence-electron chi connectivity index (χ1n) is 15.1. The topological polar surface area (TPSA) is 79.3 Å². The molecule has 0 radical (unpaired) electrons. The van der Waals surface area contributed by atoms with Gasteiger partial charge in [-0.1, -0.05) is 60.7 Å². The van der Waals surface area contributed by atoms with E-state index in [1.54, 1.807) is 36.4 Å². The molecule has 0 aromatic heterocycles. The summed E-state index contributed by atoms with van der Waals surface area (Å²) in [6.45, 7) is 2.17. The van der Waals surface area contributed by atoms with E-state index in [9.17, 15) is 12.3 Å². The van der Waals surface area contributed by atoms with Crippen LogP contribution in [0.5, 0.6) is 5.75 Å². The van der Waals surface area contributed by atoms with Crippen LogP contribution in [0.3, 0.4) is 0 Å². The van der Waals surface area contributed by atoms with Gasteiger partial charge in [-0.25, -0.2) is 0 Å². The van der Waals surface area contributed by atoms with Crippen LogP contribution in [-0.2, 0) is 16.0 Å². The van der Waals surface area contributed by atoms with Crippen LogP contribution in [0, 0.1) is 0 Å². The van der Waals surface area contributed by atoms with Crippen LogP contribution in [-0.4, -0.2) is 72.8 Å². The Hall–Kier alpha value is -3.68. The van der Waals surface area contributed by atoms with Crippen LogP contribution >= 0.6 is 0 Å². The first-order chi connectivity index (χ1) is 20.4. The predicted molar refractivity (Wildman–Crippen MR) is 157 cm³/mol. The molecule has 0 saturated carbocycles. The van der Waals surface area contributed by atoms with Gasteiger partial charge in [-0.15, -0.1) is 0 Å². The Morgan fingerprint density at radius 1 is 0.875 bits per heavy atom. The number of carboxylic acid groups (broad SMARTS) is 1. The molecular formula is C33H40N2O5. The number of carbonyl (C=O) groups is 2. The standard InChI is InChI=1S/C33H40N2O5/c36-32(37)14-5-2-8-23-40-31-13-7-6-12-30(31)26-35(20-9-19-34-21-24-39-25-22-34)33(38)29-17-15-28(16-18-29)27-10-3-1-4-11-27/h1,3-4,6-7,10-13,15-18H,2,5,8-9,14,19-26H2,(H,36,37)/i26D2. The van der Waals surface area contributed by atoms with Gasteiger partial charge in [0.1, 0.15) is 5.75 Å². The molecule has 1 saturated heterocycles. The van der Waals surface area contributed by atoms with E-state index in [4.69, 9.17) is 14.6 Å². The zero-order valence-corrected chi connectivity index (χ0v) is 23.0. The molecule has 0 bridgehead atoms. The lowest BCUT2D eigenvalue weighted by Gasteiger charge is -2.29. The molecule has 7 nitrogen and oxygen atoms in total. The van der Waals surface area contributed by atoms with Crippen LogP contribution in [0.4, 0.5) is 0 Å². The summed E-state index contributed by atoms with van der Waals surface area (Å²) in [5.41, 5.74) is 2.73. The molecule has 1 heterocycles. The molecule has 1 fully saturated rings. The minimum Gasteiger partial charge on any atom is -0.493 e. The Morgan fingerprint density at radius 3 is 2.33 bits per heavy atom. The zero-order valence-electron chi connectivity index (χ0n) is 25.0. The minimum atomic E-state index is -2.14. The normalized spacial score (nSPS) is 14.7. The highest BCUT2D eigenvalue weighted by molar-refractivity contribution is 5.94. The molecule has 0 unspecified atom stereocenters. The van der Waals surface area contributed by atoms with Gasteiger partial charge in [0.05, 0.1) is 22.6 Å². The van der Waals surface area contributed by atoms with E-state index in [0.717, 1.165) is 30.8 Å². The molecule has 1 aliphatic rings. The Kier molecular flexibility index (Phi) is 10.5. The Labute approximate surface area is 240 Å². The highest BCUT2D eigenvalue weighted by Crippen LogP contribution is 2.23. The van der Waals surface area contributed by atoms with Crippen molar-refractivity contribution < 1.29 is 26.9 Å². The summed E-state index contributed by atoms with van der Waals surface area (Å²) in [7, 11) is 0. The SMILES string of the molecule is [2H]C([2H])(c1ccccc1OCCCCCC(=O)O)N(CCCN1CCOCC1)C(=O)c1ccc(-c2ccccc2)cc1. The molecule has 3 aromatic carbocycles. The number of para-hydroxylation sites is 1. The first-order valence-corrected chi connectivity index (χ1v) is 14.1. The molecule has 0 aliphatic carbocycles. The van der Waals surface area contributed by atoms with Crippen molar-refractivity contribution >= 4 is 11.9 Å². The van der Waals surface area contributed by atoms with E-state index in [1.165, 1.54) is 4.90 Å². The van der Waals surface area contributed by atoms with Crippen molar-refractivity contribution in [3.8, 4) is 16.9 Å². The average Bonchev–Trinajstić information content (AvgIpc) is 3.01. The van der Waals surface area contributed by atoms with Gasteiger partial charge in [0.25, 0.3) is 5.91 Å². The minimum absolute atomic E-state index is 0.118. The van der Waals surface area contributed by atoms with E-state index >= 15 is 0 Å². The third kappa shape index (κ3) is 9.21. The van der Waals surface area contributed by atoms with E-state index in [-0.39, 0.29) is 24.4 Å². The molecule has 1 N–H and O–H groups in total. The van der Waals surface area contributed by atoms with Crippen LogP contribution in [0.25, 0.3) is 11.1 Å². The van der Waals surface area contributed by atoms with Gasteiger partial charge >= 0.3 is 5.97 Å². The van der Waals surface area contributed by atoms with Crippen LogP contribution in [0.2, 0.25) is 0 Å². The highest BCUT2D eigenvalue weighted by Gasteiger charge is 2.19. The molecule has 1 amide bonds. The number of morpholine rings is 1. The van der Waals surface area contributed by atoms with Gasteiger partial charge < -0.3 is 19.5 Å². The number of carboxylic acids is 1. The maximum atomic E-state index is 14.0. The third-order valence-corrected chi connectivity index (χ3v) is 6.88. The Balaban J connectivity index is 1.52. The van der Waals surface area contributed by atoms with E-state index in [1.807, 2.05) is 42.5 Å². The molecule has 212 valence electrons. The maximum absolute atomic E-state index is 14.0. The molecular weight excluding hydrogens is 504 g/mol. The van der Waals surface area contributed by atoms with E-state index in [0.29, 0.717) is 56.8 Å². The zero-order chi connectivity index (χ0) is 29.8. The number of amides is 1. The average molecular weight is 547 g/mol. The van der Waals surface area contributed by atoms with Gasteiger partial charge in [0, 0.05) is 50.2 Å². The van der Waals surface area contributed by atoms with Crippen LogP contribution in [0.1, 0.15) is 50.8 Å². The lowest BCUT2D eigenvalue weighted by atomic mass is 10.0. The summed E-state index contributed by atoms with van der Waals surface area (Å²) in [5.74, 6) is -0.821. The Morgan fingerprint density at radius 2 is 1.57 bits per heavy atom. The predicted octanol–water partition coefficient (Wildman–Crippen LogP) is 5.74. The first kappa shape index (κ1) is 26.5. The molecule has 4 rings (SSSR count). The third-order valence-electron chi connectivity index (χ3n) is 6.88. The van der Waals surface area contributed by atoms with Crippen molar-refractivity contribution in [2.45, 2.75) is 38.6 Å². The summed E-state index contributed by atoms with van der Waals surface area (Å²) in [6.07, 6.45) is 2.65. The number of carbonyl (C=O) groups excluding carboxylic acids is 1. The Bertz CT molecular complexity index is 1280. The van der Waals surface area contributed by atoms with Crippen molar-refractivity contribution in [2.75, 3.05) is 46.0 Å². The molecule has 0 spiro atoms. The van der Waals surface area contributed by atoms with Gasteiger partial charge in [-0.2, -0.15) is 0 Å². The van der Waals surface area contributed by atoms with Crippen molar-refractivity contribution in [3.05, 3.63) is 90.0 Å². The van der Waals surface area contributed by atoms with E-state index in [2.05, 4.69) is 4.90 Å². The number of ether oxygens (including phenoxy) is 2. The fraction of sp³-hybridized carbons (Fsp3) is 0.394. The summed E-state index contributed by atoms with van der Waals surface area (Å²) < 4.78 is 29.9. The van der Waals surface area contributed by atoms with Crippen LogP contribution in [0.15, 0.2) is 78.9 Å². The maximum Gasteiger partial charge on any atom is 0.303 e. The summed E-state index contributed by atoms with van der Waals surface area (Å²) in [6, 6.07) is 24.1. The van der Waals surface area contributed by atoms with Gasteiger partial charge in [0.2, 0.25) is 0 Å². The van der Waals surface area contributed by atoms with Crippen molar-refractivity contribution in [3.63, 3.8) is 0 Å². The lowest BCUT2D eigenvalue weighted by Crippen LogP contribution is -2.39. The molecule has 1 aliphatic heterocycles. The number of benzene rings is 3. The number of hydrogen-bond donors (Lipinski definition) is 1. The second kappa shape index (κ2) is 15.8. The highest BCUT2D eigenvalue weighted by atomic mass is 16.5. The molecule has 0 atom stereocenters. The number of unbranched alkanes of at least 4 members (excludes halogenated alkanes) is 2. The van der Waals surface area contributed by atoms with Crippen molar-refractivity contribution in [1.29, 1.82) is 0 Å². The molecule has 40 heavy (non-hydrogen) atoms. The summed E-state index contributed by atoms with van der Waals surface area (Å²) >= 11 is 0. The fourth-order valence-electron chi connectivity index (χ4n) is 4.64. The summed E-state index contributed by atoms with van der Waals surface area (Å²) in [4.78, 5) is 28.3. The number of aliphatic carboxylic acids is 1. The molecule has 3 aromatic rings. The lowest BCUT2D eigenvalue weighted by molar-refractivity contribution is -0.137. The van der Waals surface area contributed by atoms with Crippen molar-refractivity contribution in [2.24, 2.45) is 0 Å². The van der Waals surface area contributed by atoms with Gasteiger partial charge in [0.15, 0.2) is 0 Å². The van der Waals surface area contributed by atoms with Gasteiger partial charge in [-0.3, -0.25) is 14.5 Å². The van der Waals surface area contributed by atoms with E-state index < -0.39 is 12.5 Å². The smallest absolute Gasteiger partial charge is 0.303 e. The summed E-state index contributed by atoms with van der Waals surface area (Å²) in [5, 5.41) is 8.84. The largest absolute Gasteiger partial charge is 0.493 e. The number of hydrogen-bond acceptors (Lipinski definition) is 5. The monoisotopic (exact) mass is 546 g/mol.